The molecule has 188 valence electrons. The smallest absolute Gasteiger partial charge is 0.321 e. The van der Waals surface area contributed by atoms with Crippen molar-refractivity contribution in [1.82, 2.24) is 25.4 Å². The van der Waals surface area contributed by atoms with E-state index in [-0.39, 0.29) is 11.9 Å². The van der Waals surface area contributed by atoms with Crippen molar-refractivity contribution >= 4 is 38.5 Å². The maximum absolute atomic E-state index is 13.1. The molecule has 1 aromatic carbocycles. The number of pyridine rings is 1. The van der Waals surface area contributed by atoms with Gasteiger partial charge in [-0.25, -0.2) is 19.2 Å². The minimum Gasteiger partial charge on any atom is -0.488 e. The number of thiazole rings is 1. The van der Waals surface area contributed by atoms with E-state index in [0.29, 0.717) is 30.5 Å². The first-order chi connectivity index (χ1) is 17.3. The normalized spacial score (nSPS) is 13.4. The number of rotatable bonds is 7. The Morgan fingerprint density at radius 3 is 2.94 bits per heavy atom. The average molecular weight is 512 g/mol. The molecule has 0 spiro atoms. The van der Waals surface area contributed by atoms with E-state index >= 15 is 0 Å². The summed E-state index contributed by atoms with van der Waals surface area (Å²) in [6.07, 6.45) is 2.20. The van der Waals surface area contributed by atoms with Gasteiger partial charge in [0.15, 0.2) is 22.5 Å². The van der Waals surface area contributed by atoms with Gasteiger partial charge in [0, 0.05) is 31.8 Å². The van der Waals surface area contributed by atoms with Crippen LogP contribution in [-0.2, 0) is 11.8 Å². The van der Waals surface area contributed by atoms with E-state index in [4.69, 9.17) is 9.26 Å². The van der Waals surface area contributed by atoms with Gasteiger partial charge in [0.25, 0.3) is 0 Å². The van der Waals surface area contributed by atoms with E-state index in [2.05, 4.69) is 35.6 Å². The number of aromatic nitrogens is 4. The predicted octanol–water partition coefficient (Wildman–Crippen LogP) is 4.18. The van der Waals surface area contributed by atoms with Gasteiger partial charge in [0.05, 0.1) is 22.2 Å². The Balaban J connectivity index is 1.20. The lowest BCUT2D eigenvalue weighted by molar-refractivity contribution is 0.252. The summed E-state index contributed by atoms with van der Waals surface area (Å²) in [6.45, 7) is 4.51. The minimum absolute atomic E-state index is 0.240. The Labute approximate surface area is 210 Å². The number of ether oxygens (including phenoxy) is 1. The standard InChI is InChI=1S/C24H26FN7O3S/c1-24(2,13-25)21-29-19(31-35-21)6-7-26-22(33)30-23-28-16-5-4-14(11-18(16)36-23)15-10-17-20(27-12-15)32(3)8-9-34-17/h4-5,10-12H,6-9,13H2,1-3H3,(H2,26,28,30,33). The summed E-state index contributed by atoms with van der Waals surface area (Å²) in [5, 5.41) is 9.85. The summed E-state index contributed by atoms with van der Waals surface area (Å²) in [7, 11) is 2.00. The van der Waals surface area contributed by atoms with E-state index in [1.807, 2.05) is 37.5 Å². The van der Waals surface area contributed by atoms with Gasteiger partial charge in [-0.3, -0.25) is 5.32 Å². The number of fused-ring (bicyclic) bond motifs is 2. The second-order valence-electron chi connectivity index (χ2n) is 9.18. The Morgan fingerprint density at radius 1 is 1.25 bits per heavy atom. The van der Waals surface area contributed by atoms with E-state index in [1.165, 1.54) is 11.3 Å². The summed E-state index contributed by atoms with van der Waals surface area (Å²) < 4.78 is 24.9. The van der Waals surface area contributed by atoms with E-state index in [0.717, 1.165) is 39.5 Å². The number of nitrogens with zero attached hydrogens (tertiary/aromatic N) is 5. The van der Waals surface area contributed by atoms with Crippen LogP contribution < -0.4 is 20.3 Å². The maximum Gasteiger partial charge on any atom is 0.321 e. The molecule has 1 aliphatic rings. The van der Waals surface area contributed by atoms with Crippen LogP contribution in [0.3, 0.4) is 0 Å². The summed E-state index contributed by atoms with van der Waals surface area (Å²) in [5.41, 5.74) is 1.90. The van der Waals surface area contributed by atoms with Crippen molar-refractivity contribution in [3.05, 3.63) is 42.2 Å². The number of hydrogen-bond acceptors (Lipinski definition) is 9. The number of carbonyl (C=O) groups excluding carboxylic acids is 1. The Kier molecular flexibility index (Phi) is 6.44. The Morgan fingerprint density at radius 2 is 2.11 bits per heavy atom. The summed E-state index contributed by atoms with van der Waals surface area (Å²) >= 11 is 1.38. The van der Waals surface area contributed by atoms with Crippen LogP contribution in [0.15, 0.2) is 35.0 Å². The number of benzene rings is 1. The molecule has 0 saturated heterocycles. The highest BCUT2D eigenvalue weighted by Crippen LogP contribution is 2.35. The van der Waals surface area contributed by atoms with Crippen LogP contribution in [0.2, 0.25) is 0 Å². The van der Waals surface area contributed by atoms with Crippen LogP contribution in [0.4, 0.5) is 20.1 Å². The Hall–Kier alpha value is -3.80. The zero-order chi connectivity index (χ0) is 25.3. The molecule has 10 nitrogen and oxygen atoms in total. The third-order valence-corrected chi connectivity index (χ3v) is 6.77. The summed E-state index contributed by atoms with van der Waals surface area (Å²) in [4.78, 5) is 27.7. The molecular weight excluding hydrogens is 485 g/mol. The summed E-state index contributed by atoms with van der Waals surface area (Å²) in [5.74, 6) is 2.26. The Bertz CT molecular complexity index is 1400. The predicted molar refractivity (Wildman–Crippen MR) is 136 cm³/mol. The molecule has 0 bridgehead atoms. The quantitative estimate of drug-likeness (QED) is 0.379. The lowest BCUT2D eigenvalue weighted by Gasteiger charge is -2.26. The number of urea groups is 1. The molecule has 0 atom stereocenters. The fraction of sp³-hybridized carbons (Fsp3) is 0.375. The van der Waals surface area contributed by atoms with Crippen LogP contribution in [-0.4, -0.2) is 59.6 Å². The number of anilines is 2. The van der Waals surface area contributed by atoms with Gasteiger partial charge in [-0.2, -0.15) is 4.98 Å². The third-order valence-electron chi connectivity index (χ3n) is 5.84. The molecule has 4 heterocycles. The van der Waals surface area contributed by atoms with Crippen LogP contribution in [0.1, 0.15) is 25.6 Å². The number of likely N-dealkylation sites (N-methyl/N-ethyl adjacent to an activating group) is 1. The number of alkyl halides is 1. The first kappa shape index (κ1) is 23.9. The second kappa shape index (κ2) is 9.69. The molecule has 5 rings (SSSR count). The van der Waals surface area contributed by atoms with Crippen molar-refractivity contribution in [3.63, 3.8) is 0 Å². The molecule has 0 unspecified atom stereocenters. The van der Waals surface area contributed by atoms with Crippen LogP contribution in [0.5, 0.6) is 5.75 Å². The minimum atomic E-state index is -0.830. The summed E-state index contributed by atoms with van der Waals surface area (Å²) in [6, 6.07) is 7.54. The molecule has 4 aromatic rings. The van der Waals surface area contributed by atoms with Gasteiger partial charge in [0.1, 0.15) is 13.3 Å². The SMILES string of the molecule is CN1CCOc2cc(-c3ccc4nc(NC(=O)NCCc5noc(C(C)(C)CF)n5)sc4c3)cnc21. The van der Waals surface area contributed by atoms with Crippen molar-refractivity contribution in [2.45, 2.75) is 25.7 Å². The molecule has 0 radical (unpaired) electrons. The van der Waals surface area contributed by atoms with Gasteiger partial charge in [-0.15, -0.1) is 0 Å². The maximum atomic E-state index is 13.1. The largest absolute Gasteiger partial charge is 0.488 e. The number of carbonyl (C=O) groups is 1. The topological polar surface area (TPSA) is 118 Å². The molecule has 12 heteroatoms. The highest BCUT2D eigenvalue weighted by molar-refractivity contribution is 7.22. The van der Waals surface area contributed by atoms with Gasteiger partial charge >= 0.3 is 6.03 Å². The van der Waals surface area contributed by atoms with Gasteiger partial charge in [-0.05, 0) is 37.6 Å². The van der Waals surface area contributed by atoms with E-state index in [1.54, 1.807) is 13.8 Å². The van der Waals surface area contributed by atoms with Crippen LogP contribution in [0, 0.1) is 0 Å². The number of hydrogen-bond donors (Lipinski definition) is 2. The zero-order valence-corrected chi connectivity index (χ0v) is 21.0. The fourth-order valence-electron chi connectivity index (χ4n) is 3.66. The van der Waals surface area contributed by atoms with E-state index < -0.39 is 12.1 Å². The van der Waals surface area contributed by atoms with Gasteiger partial charge < -0.3 is 19.5 Å². The zero-order valence-electron chi connectivity index (χ0n) is 20.2. The average Bonchev–Trinajstić information content (AvgIpc) is 3.50. The van der Waals surface area contributed by atoms with Crippen molar-refractivity contribution < 1.29 is 18.4 Å². The van der Waals surface area contributed by atoms with Crippen molar-refractivity contribution in [1.29, 1.82) is 0 Å². The van der Waals surface area contributed by atoms with E-state index in [9.17, 15) is 9.18 Å². The second-order valence-corrected chi connectivity index (χ2v) is 10.2. The van der Waals surface area contributed by atoms with Gasteiger partial charge in [0.2, 0.25) is 5.89 Å². The molecule has 0 saturated carbocycles. The lowest BCUT2D eigenvalue weighted by Crippen LogP contribution is -2.30. The fourth-order valence-corrected chi connectivity index (χ4v) is 4.56. The first-order valence-corrected chi connectivity index (χ1v) is 12.3. The third kappa shape index (κ3) is 4.94. The van der Waals surface area contributed by atoms with Crippen molar-refractivity contribution in [2.24, 2.45) is 0 Å². The lowest BCUT2D eigenvalue weighted by atomic mass is 9.96. The number of nitrogens with one attached hydrogen (secondary N) is 2. The number of amides is 2. The van der Waals surface area contributed by atoms with Crippen LogP contribution in [0.25, 0.3) is 21.3 Å². The van der Waals surface area contributed by atoms with Gasteiger partial charge in [-0.1, -0.05) is 22.6 Å². The molecule has 2 amide bonds. The van der Waals surface area contributed by atoms with Crippen molar-refractivity contribution in [2.75, 3.05) is 43.6 Å². The molecule has 0 aliphatic carbocycles. The molecule has 3 aromatic heterocycles. The molecule has 0 fully saturated rings. The van der Waals surface area contributed by atoms with Crippen LogP contribution >= 0.6 is 11.3 Å². The first-order valence-electron chi connectivity index (χ1n) is 11.5. The highest BCUT2D eigenvalue weighted by atomic mass is 32.1. The van der Waals surface area contributed by atoms with Crippen molar-refractivity contribution in [3.8, 4) is 16.9 Å². The molecule has 36 heavy (non-hydrogen) atoms. The monoisotopic (exact) mass is 511 g/mol. The highest BCUT2D eigenvalue weighted by Gasteiger charge is 2.27. The molecule has 2 N–H and O–H groups in total. The number of halogens is 1. The molecule has 1 aliphatic heterocycles. The molecular formula is C24H26FN7O3S.